The largest absolute Gasteiger partial charge is 0.478 e. The van der Waals surface area contributed by atoms with Crippen LogP contribution in [-0.4, -0.2) is 27.2 Å². The van der Waals surface area contributed by atoms with Crippen LogP contribution >= 0.6 is 0 Å². The van der Waals surface area contributed by atoms with Crippen molar-refractivity contribution in [1.82, 2.24) is 10.2 Å². The third-order valence-corrected chi connectivity index (χ3v) is 2.54. The Kier molecular flexibility index (Phi) is 3.60. The van der Waals surface area contributed by atoms with Gasteiger partial charge in [-0.05, 0) is 36.8 Å². The lowest BCUT2D eigenvalue weighted by Crippen LogP contribution is -2.13. The smallest absolute Gasteiger partial charge is 0.335 e. The van der Waals surface area contributed by atoms with Gasteiger partial charge in [0.25, 0.3) is 5.91 Å². The molecule has 1 heterocycles. The number of primary amides is 1. The van der Waals surface area contributed by atoms with Gasteiger partial charge in [0.2, 0.25) is 5.88 Å². The fourth-order valence-corrected chi connectivity index (χ4v) is 1.57. The molecule has 0 aliphatic rings. The molecular weight excluding hydrogens is 262 g/mol. The Bertz CT molecular complexity index is 668. The Morgan fingerprint density at radius 1 is 1.20 bits per heavy atom. The highest BCUT2D eigenvalue weighted by Gasteiger charge is 2.09. The molecule has 0 atom stereocenters. The van der Waals surface area contributed by atoms with Crippen LogP contribution in [0.5, 0.6) is 11.6 Å². The first kappa shape index (κ1) is 13.5. The van der Waals surface area contributed by atoms with Gasteiger partial charge in [-0.15, -0.1) is 10.2 Å². The van der Waals surface area contributed by atoms with E-state index >= 15 is 0 Å². The van der Waals surface area contributed by atoms with Crippen LogP contribution in [0.2, 0.25) is 0 Å². The summed E-state index contributed by atoms with van der Waals surface area (Å²) < 4.78 is 5.41. The molecule has 0 unspecified atom stereocenters. The standard InChI is InChI=1S/C13H11N3O4/c1-7-6-8(2-3-9(7)13(18)19)20-11-5-4-10(12(14)17)15-16-11/h2-6H,1H3,(H2,14,17)(H,18,19). The zero-order valence-electron chi connectivity index (χ0n) is 10.5. The number of carboxylic acid groups (broad SMARTS) is 1. The number of carbonyl (C=O) groups excluding carboxylic acids is 1. The van der Waals surface area contributed by atoms with Gasteiger partial charge in [-0.25, -0.2) is 4.79 Å². The maximum absolute atomic E-state index is 10.9. The van der Waals surface area contributed by atoms with Crippen molar-refractivity contribution in [3.63, 3.8) is 0 Å². The maximum atomic E-state index is 10.9. The number of carboxylic acids is 1. The summed E-state index contributed by atoms with van der Waals surface area (Å²) in [5.74, 6) is -1.07. The molecule has 20 heavy (non-hydrogen) atoms. The van der Waals surface area contributed by atoms with Gasteiger partial charge >= 0.3 is 5.97 Å². The van der Waals surface area contributed by atoms with E-state index in [-0.39, 0.29) is 17.1 Å². The molecule has 0 saturated carbocycles. The highest BCUT2D eigenvalue weighted by Crippen LogP contribution is 2.22. The minimum atomic E-state index is -1.00. The van der Waals surface area contributed by atoms with Gasteiger partial charge in [-0.1, -0.05) is 0 Å². The van der Waals surface area contributed by atoms with E-state index < -0.39 is 11.9 Å². The number of carbonyl (C=O) groups is 2. The normalized spacial score (nSPS) is 10.1. The molecule has 1 amide bonds. The lowest BCUT2D eigenvalue weighted by atomic mass is 10.1. The number of hydrogen-bond acceptors (Lipinski definition) is 5. The van der Waals surface area contributed by atoms with Crippen LogP contribution in [-0.2, 0) is 0 Å². The molecule has 0 aliphatic heterocycles. The second-order valence-corrected chi connectivity index (χ2v) is 4.01. The fourth-order valence-electron chi connectivity index (χ4n) is 1.57. The van der Waals surface area contributed by atoms with Crippen LogP contribution in [0.1, 0.15) is 26.4 Å². The zero-order chi connectivity index (χ0) is 14.7. The van der Waals surface area contributed by atoms with E-state index in [1.54, 1.807) is 13.0 Å². The van der Waals surface area contributed by atoms with E-state index in [4.69, 9.17) is 15.6 Å². The molecule has 0 saturated heterocycles. The molecule has 7 heteroatoms. The summed E-state index contributed by atoms with van der Waals surface area (Å²) in [6.45, 7) is 1.66. The van der Waals surface area contributed by atoms with Crippen molar-refractivity contribution in [3.05, 3.63) is 47.2 Å². The summed E-state index contributed by atoms with van der Waals surface area (Å²) in [5, 5.41) is 16.2. The third kappa shape index (κ3) is 2.89. The molecule has 0 spiro atoms. The predicted molar refractivity (Wildman–Crippen MR) is 68.8 cm³/mol. The number of hydrogen-bond donors (Lipinski definition) is 2. The van der Waals surface area contributed by atoms with Crippen LogP contribution in [0, 0.1) is 6.92 Å². The van der Waals surface area contributed by atoms with Gasteiger partial charge in [0.1, 0.15) is 5.75 Å². The van der Waals surface area contributed by atoms with E-state index in [1.807, 2.05) is 0 Å². The van der Waals surface area contributed by atoms with Crippen molar-refractivity contribution >= 4 is 11.9 Å². The van der Waals surface area contributed by atoms with Crippen LogP contribution < -0.4 is 10.5 Å². The van der Waals surface area contributed by atoms with Gasteiger partial charge in [0.15, 0.2) is 5.69 Å². The number of aromatic nitrogens is 2. The van der Waals surface area contributed by atoms with Crippen molar-refractivity contribution < 1.29 is 19.4 Å². The highest BCUT2D eigenvalue weighted by atomic mass is 16.5. The molecule has 102 valence electrons. The number of amides is 1. The second-order valence-electron chi connectivity index (χ2n) is 4.01. The minimum absolute atomic E-state index is 0.0368. The summed E-state index contributed by atoms with van der Waals surface area (Å²) >= 11 is 0. The number of nitrogens with two attached hydrogens (primary N) is 1. The number of nitrogens with zero attached hydrogens (tertiary/aromatic N) is 2. The maximum Gasteiger partial charge on any atom is 0.335 e. The second kappa shape index (κ2) is 5.35. The van der Waals surface area contributed by atoms with Crippen molar-refractivity contribution in [3.8, 4) is 11.6 Å². The van der Waals surface area contributed by atoms with E-state index in [9.17, 15) is 9.59 Å². The van der Waals surface area contributed by atoms with Crippen LogP contribution in [0.3, 0.4) is 0 Å². The molecular formula is C13H11N3O4. The number of aryl methyl sites for hydroxylation is 1. The van der Waals surface area contributed by atoms with Gasteiger partial charge in [-0.3, -0.25) is 4.79 Å². The molecule has 0 bridgehead atoms. The summed E-state index contributed by atoms with van der Waals surface area (Å²) in [7, 11) is 0. The number of aromatic carboxylic acids is 1. The monoisotopic (exact) mass is 273 g/mol. The van der Waals surface area contributed by atoms with Gasteiger partial charge in [0.05, 0.1) is 5.56 Å². The van der Waals surface area contributed by atoms with E-state index in [0.29, 0.717) is 11.3 Å². The van der Waals surface area contributed by atoms with Gasteiger partial charge < -0.3 is 15.6 Å². The van der Waals surface area contributed by atoms with E-state index in [0.717, 1.165) is 0 Å². The highest BCUT2D eigenvalue weighted by molar-refractivity contribution is 5.90. The lowest BCUT2D eigenvalue weighted by molar-refractivity contribution is 0.0696. The Morgan fingerprint density at radius 2 is 1.95 bits per heavy atom. The molecule has 0 fully saturated rings. The summed E-state index contributed by atoms with van der Waals surface area (Å²) in [6.07, 6.45) is 0. The van der Waals surface area contributed by atoms with Crippen molar-refractivity contribution in [2.24, 2.45) is 5.73 Å². The zero-order valence-corrected chi connectivity index (χ0v) is 10.5. The fraction of sp³-hybridized carbons (Fsp3) is 0.0769. The van der Waals surface area contributed by atoms with Crippen molar-refractivity contribution in [1.29, 1.82) is 0 Å². The molecule has 1 aromatic heterocycles. The minimum Gasteiger partial charge on any atom is -0.478 e. The molecule has 3 N–H and O–H groups in total. The number of benzene rings is 1. The van der Waals surface area contributed by atoms with Gasteiger partial charge in [0, 0.05) is 6.07 Å². The first-order valence-electron chi connectivity index (χ1n) is 5.62. The molecule has 7 nitrogen and oxygen atoms in total. The Labute approximate surface area is 114 Å². The Balaban J connectivity index is 2.19. The SMILES string of the molecule is Cc1cc(Oc2ccc(C(N)=O)nn2)ccc1C(=O)O. The van der Waals surface area contributed by atoms with Crippen LogP contribution in [0.4, 0.5) is 0 Å². The molecule has 0 aliphatic carbocycles. The van der Waals surface area contributed by atoms with E-state index in [1.165, 1.54) is 24.3 Å². The van der Waals surface area contributed by atoms with Crippen LogP contribution in [0.25, 0.3) is 0 Å². The van der Waals surface area contributed by atoms with Crippen LogP contribution in [0.15, 0.2) is 30.3 Å². The van der Waals surface area contributed by atoms with Crippen molar-refractivity contribution in [2.75, 3.05) is 0 Å². The lowest BCUT2D eigenvalue weighted by Gasteiger charge is -2.06. The van der Waals surface area contributed by atoms with Crippen molar-refractivity contribution in [2.45, 2.75) is 6.92 Å². The molecule has 0 radical (unpaired) electrons. The summed E-state index contributed by atoms with van der Waals surface area (Å²) in [5.41, 5.74) is 5.85. The Morgan fingerprint density at radius 3 is 2.45 bits per heavy atom. The topological polar surface area (TPSA) is 115 Å². The molecule has 2 aromatic rings. The molecule has 1 aromatic carbocycles. The van der Waals surface area contributed by atoms with E-state index in [2.05, 4.69) is 10.2 Å². The Hall–Kier alpha value is -2.96. The summed E-state index contributed by atoms with van der Waals surface area (Å²) in [6, 6.07) is 7.38. The van der Waals surface area contributed by atoms with Gasteiger partial charge in [-0.2, -0.15) is 0 Å². The average Bonchev–Trinajstić information content (AvgIpc) is 2.39. The third-order valence-electron chi connectivity index (χ3n) is 2.54. The number of ether oxygens (including phenoxy) is 1. The predicted octanol–water partition coefficient (Wildman–Crippen LogP) is 1.37. The summed E-state index contributed by atoms with van der Waals surface area (Å²) in [4.78, 5) is 21.7. The number of rotatable bonds is 4. The average molecular weight is 273 g/mol. The quantitative estimate of drug-likeness (QED) is 0.869. The first-order chi connectivity index (χ1) is 9.47. The first-order valence-corrected chi connectivity index (χ1v) is 5.62. The molecule has 2 rings (SSSR count).